The van der Waals surface area contributed by atoms with Crippen molar-refractivity contribution in [1.29, 1.82) is 0 Å². The van der Waals surface area contributed by atoms with Crippen molar-refractivity contribution in [1.82, 2.24) is 10.6 Å². The standard InChI is InChI=1S/C9H13N3O3/c10-9(3-4-9)8(15)11-5-1-2-6(13)12-7(5)14/h5H,1-4,10H2,(H,11,15)(H,12,13,14). The first-order valence-electron chi connectivity index (χ1n) is 4.95. The third-order valence-corrected chi connectivity index (χ3v) is 2.79. The highest BCUT2D eigenvalue weighted by atomic mass is 16.2. The molecule has 0 aromatic carbocycles. The molecule has 4 N–H and O–H groups in total. The topological polar surface area (TPSA) is 101 Å². The number of hydrogen-bond acceptors (Lipinski definition) is 4. The number of carbonyl (C=O) groups is 3. The Hall–Kier alpha value is -1.43. The highest BCUT2D eigenvalue weighted by Crippen LogP contribution is 2.32. The average molecular weight is 211 g/mol. The largest absolute Gasteiger partial charge is 0.343 e. The lowest BCUT2D eigenvalue weighted by atomic mass is 10.1. The molecule has 2 fully saturated rings. The van der Waals surface area contributed by atoms with E-state index < -0.39 is 17.5 Å². The van der Waals surface area contributed by atoms with E-state index in [4.69, 9.17) is 5.73 Å². The van der Waals surface area contributed by atoms with Crippen molar-refractivity contribution in [2.24, 2.45) is 5.73 Å². The summed E-state index contributed by atoms with van der Waals surface area (Å²) in [7, 11) is 0. The van der Waals surface area contributed by atoms with E-state index >= 15 is 0 Å². The predicted octanol–water partition coefficient (Wildman–Crippen LogP) is -1.60. The van der Waals surface area contributed by atoms with Crippen molar-refractivity contribution < 1.29 is 14.4 Å². The van der Waals surface area contributed by atoms with Gasteiger partial charge in [0.25, 0.3) is 0 Å². The van der Waals surface area contributed by atoms with E-state index in [0.717, 1.165) is 0 Å². The third kappa shape index (κ3) is 1.99. The van der Waals surface area contributed by atoms with E-state index in [0.29, 0.717) is 19.3 Å². The van der Waals surface area contributed by atoms with Gasteiger partial charge in [0.15, 0.2) is 0 Å². The lowest BCUT2D eigenvalue weighted by Gasteiger charge is -2.23. The number of nitrogens with two attached hydrogens (primary N) is 1. The van der Waals surface area contributed by atoms with Crippen LogP contribution in [0.1, 0.15) is 25.7 Å². The lowest BCUT2D eigenvalue weighted by molar-refractivity contribution is -0.137. The van der Waals surface area contributed by atoms with Gasteiger partial charge in [-0.25, -0.2) is 0 Å². The number of hydrogen-bond donors (Lipinski definition) is 3. The van der Waals surface area contributed by atoms with Gasteiger partial charge in [-0.1, -0.05) is 0 Å². The molecular formula is C9H13N3O3. The molecule has 1 heterocycles. The van der Waals surface area contributed by atoms with Crippen molar-refractivity contribution in [3.05, 3.63) is 0 Å². The third-order valence-electron chi connectivity index (χ3n) is 2.79. The van der Waals surface area contributed by atoms with Crippen LogP contribution in [-0.4, -0.2) is 29.3 Å². The molecule has 82 valence electrons. The monoisotopic (exact) mass is 211 g/mol. The Morgan fingerprint density at radius 3 is 2.67 bits per heavy atom. The van der Waals surface area contributed by atoms with Crippen LogP contribution in [-0.2, 0) is 14.4 Å². The summed E-state index contributed by atoms with van der Waals surface area (Å²) in [5.74, 6) is -1.03. The Balaban J connectivity index is 1.92. The van der Waals surface area contributed by atoms with E-state index in [-0.39, 0.29) is 18.2 Å². The van der Waals surface area contributed by atoms with Crippen LogP contribution in [0.5, 0.6) is 0 Å². The van der Waals surface area contributed by atoms with Gasteiger partial charge in [-0.15, -0.1) is 0 Å². The van der Waals surface area contributed by atoms with Crippen molar-refractivity contribution in [3.8, 4) is 0 Å². The highest BCUT2D eigenvalue weighted by molar-refractivity contribution is 6.02. The summed E-state index contributed by atoms with van der Waals surface area (Å²) in [5.41, 5.74) is 4.89. The predicted molar refractivity (Wildman–Crippen MR) is 50.5 cm³/mol. The maximum Gasteiger partial charge on any atom is 0.249 e. The molecule has 6 nitrogen and oxygen atoms in total. The molecule has 1 aliphatic carbocycles. The number of rotatable bonds is 2. The van der Waals surface area contributed by atoms with Gasteiger partial charge < -0.3 is 11.1 Å². The number of nitrogens with one attached hydrogen (secondary N) is 2. The summed E-state index contributed by atoms with van der Waals surface area (Å²) in [6.45, 7) is 0. The molecule has 3 amide bonds. The van der Waals surface area contributed by atoms with Crippen molar-refractivity contribution in [2.75, 3.05) is 0 Å². The van der Waals surface area contributed by atoms with E-state index in [1.54, 1.807) is 0 Å². The van der Waals surface area contributed by atoms with Crippen molar-refractivity contribution in [3.63, 3.8) is 0 Å². The first-order valence-corrected chi connectivity index (χ1v) is 4.95. The van der Waals surface area contributed by atoms with E-state index in [1.165, 1.54) is 0 Å². The van der Waals surface area contributed by atoms with Gasteiger partial charge in [-0.3, -0.25) is 19.7 Å². The van der Waals surface area contributed by atoms with E-state index in [2.05, 4.69) is 10.6 Å². The molecule has 15 heavy (non-hydrogen) atoms. The van der Waals surface area contributed by atoms with Crippen molar-refractivity contribution in [2.45, 2.75) is 37.3 Å². The summed E-state index contributed by atoms with van der Waals surface area (Å²) in [6.07, 6.45) is 1.93. The molecule has 1 aliphatic heterocycles. The van der Waals surface area contributed by atoms with Crippen LogP contribution in [0.25, 0.3) is 0 Å². The molecule has 1 saturated heterocycles. The zero-order valence-electron chi connectivity index (χ0n) is 8.21. The Bertz CT molecular complexity index is 335. The van der Waals surface area contributed by atoms with Gasteiger partial charge in [-0.2, -0.15) is 0 Å². The number of amides is 3. The SMILES string of the molecule is NC1(C(=O)NC2CCC(=O)NC2=O)CC1. The van der Waals surface area contributed by atoms with Gasteiger partial charge in [0, 0.05) is 6.42 Å². The van der Waals surface area contributed by atoms with Crippen LogP contribution >= 0.6 is 0 Å². The van der Waals surface area contributed by atoms with Crippen LogP contribution in [0.2, 0.25) is 0 Å². The normalized spacial score (nSPS) is 28.2. The molecule has 0 bridgehead atoms. The molecule has 0 radical (unpaired) electrons. The Kier molecular flexibility index (Phi) is 2.22. The molecule has 6 heteroatoms. The molecule has 0 aromatic heterocycles. The molecule has 1 saturated carbocycles. The number of piperidine rings is 1. The summed E-state index contributed by atoms with van der Waals surface area (Å²) in [6, 6.07) is -0.615. The number of carbonyl (C=O) groups excluding carboxylic acids is 3. The fourth-order valence-electron chi connectivity index (χ4n) is 1.49. The van der Waals surface area contributed by atoms with E-state index in [1.807, 2.05) is 0 Å². The Morgan fingerprint density at radius 2 is 2.13 bits per heavy atom. The summed E-state index contributed by atoms with van der Waals surface area (Å²) in [4.78, 5) is 33.7. The molecule has 1 atom stereocenters. The smallest absolute Gasteiger partial charge is 0.249 e. The average Bonchev–Trinajstić information content (AvgIpc) is 2.90. The maximum atomic E-state index is 11.5. The second-order valence-corrected chi connectivity index (χ2v) is 4.13. The van der Waals surface area contributed by atoms with Crippen LogP contribution in [0.15, 0.2) is 0 Å². The second-order valence-electron chi connectivity index (χ2n) is 4.13. The van der Waals surface area contributed by atoms with Crippen LogP contribution in [0.3, 0.4) is 0 Å². The summed E-state index contributed by atoms with van der Waals surface area (Å²) >= 11 is 0. The zero-order valence-corrected chi connectivity index (χ0v) is 8.21. The first-order chi connectivity index (χ1) is 7.01. The molecule has 0 aromatic rings. The van der Waals surface area contributed by atoms with Gasteiger partial charge in [0.05, 0.1) is 5.54 Å². The molecule has 1 unspecified atom stereocenters. The second kappa shape index (κ2) is 3.30. The van der Waals surface area contributed by atoms with Crippen LogP contribution in [0, 0.1) is 0 Å². The number of imide groups is 1. The minimum atomic E-state index is -0.776. The zero-order chi connectivity index (χ0) is 11.1. The van der Waals surface area contributed by atoms with Crippen molar-refractivity contribution >= 4 is 17.7 Å². The minimum Gasteiger partial charge on any atom is -0.343 e. The fourth-order valence-corrected chi connectivity index (χ4v) is 1.49. The fraction of sp³-hybridized carbons (Fsp3) is 0.667. The summed E-state index contributed by atoms with van der Waals surface area (Å²) < 4.78 is 0. The Labute approximate surface area is 86.6 Å². The van der Waals surface area contributed by atoms with Gasteiger partial charge in [-0.05, 0) is 19.3 Å². The maximum absolute atomic E-state index is 11.5. The van der Waals surface area contributed by atoms with Crippen LogP contribution in [0.4, 0.5) is 0 Å². The quantitative estimate of drug-likeness (QED) is 0.479. The lowest BCUT2D eigenvalue weighted by Crippen LogP contribution is -2.56. The first kappa shape index (κ1) is 10.1. The van der Waals surface area contributed by atoms with Gasteiger partial charge in [0.1, 0.15) is 6.04 Å². The van der Waals surface area contributed by atoms with E-state index in [9.17, 15) is 14.4 Å². The Morgan fingerprint density at radius 1 is 1.47 bits per heavy atom. The molecule has 0 spiro atoms. The molecule has 2 aliphatic rings. The summed E-state index contributed by atoms with van der Waals surface area (Å²) in [5, 5.41) is 4.74. The minimum absolute atomic E-state index is 0.258. The molecular weight excluding hydrogens is 198 g/mol. The molecule has 2 rings (SSSR count). The highest BCUT2D eigenvalue weighted by Gasteiger charge is 2.47. The van der Waals surface area contributed by atoms with Gasteiger partial charge >= 0.3 is 0 Å². The van der Waals surface area contributed by atoms with Crippen LogP contribution < -0.4 is 16.4 Å². The van der Waals surface area contributed by atoms with Gasteiger partial charge in [0.2, 0.25) is 17.7 Å².